The van der Waals surface area contributed by atoms with E-state index in [0.717, 1.165) is 4.31 Å². The third-order valence-corrected chi connectivity index (χ3v) is 6.47. The molecule has 0 saturated heterocycles. The normalized spacial score (nSPS) is 17.1. The Morgan fingerprint density at radius 2 is 1.92 bits per heavy atom. The molecule has 0 bridgehead atoms. The molecule has 4 rings (SSSR count). The molecule has 8 heteroatoms. The van der Waals surface area contributed by atoms with Crippen molar-refractivity contribution in [3.05, 3.63) is 59.8 Å². The number of carbonyl (C=O) groups excluding carboxylic acids is 1. The second-order valence-electron chi connectivity index (χ2n) is 5.96. The Morgan fingerprint density at radius 1 is 1.15 bits per heavy atom. The van der Waals surface area contributed by atoms with Crippen molar-refractivity contribution >= 4 is 49.8 Å². The van der Waals surface area contributed by atoms with Gasteiger partial charge in [-0.05, 0) is 37.3 Å². The van der Waals surface area contributed by atoms with Gasteiger partial charge in [-0.1, -0.05) is 29.8 Å². The molecule has 0 radical (unpaired) electrons. The number of nitrogens with zero attached hydrogens (tertiary/aromatic N) is 2. The summed E-state index contributed by atoms with van der Waals surface area (Å²) >= 11 is 6.07. The zero-order valence-corrected chi connectivity index (χ0v) is 15.3. The Bertz CT molecular complexity index is 1140. The third kappa shape index (κ3) is 2.51. The van der Waals surface area contributed by atoms with Crippen molar-refractivity contribution in [2.24, 2.45) is 0 Å². The van der Waals surface area contributed by atoms with Crippen LogP contribution < -0.4 is 9.62 Å². The standard InChI is InChI=1S/C18H14ClN3O3S/c1-11-18(23)21-14-8-7-13(19)10-15(14)22(11)26(24,25)16-6-2-4-12-5-3-9-20-17(12)16/h2-11H,1H3,(H,21,23). The van der Waals surface area contributed by atoms with Crippen LogP contribution in [0.25, 0.3) is 10.9 Å². The fraction of sp³-hybridized carbons (Fsp3) is 0.111. The number of benzene rings is 2. The van der Waals surface area contributed by atoms with Gasteiger partial charge in [0.1, 0.15) is 10.9 Å². The van der Waals surface area contributed by atoms with Crippen LogP contribution in [-0.2, 0) is 14.8 Å². The summed E-state index contributed by atoms with van der Waals surface area (Å²) in [6.45, 7) is 1.54. The van der Waals surface area contributed by atoms with Crippen LogP contribution in [0, 0.1) is 0 Å². The number of anilines is 2. The lowest BCUT2D eigenvalue weighted by Crippen LogP contribution is -2.49. The van der Waals surface area contributed by atoms with Gasteiger partial charge in [-0.25, -0.2) is 8.42 Å². The van der Waals surface area contributed by atoms with E-state index in [1.165, 1.54) is 19.1 Å². The molecule has 2 heterocycles. The maximum Gasteiger partial charge on any atom is 0.267 e. The molecule has 1 aliphatic rings. The van der Waals surface area contributed by atoms with Gasteiger partial charge < -0.3 is 5.32 Å². The molecule has 1 aromatic heterocycles. The highest BCUT2D eigenvalue weighted by Crippen LogP contribution is 2.39. The topological polar surface area (TPSA) is 79.4 Å². The molecule has 0 saturated carbocycles. The maximum absolute atomic E-state index is 13.5. The number of halogens is 1. The van der Waals surface area contributed by atoms with E-state index in [1.807, 2.05) is 0 Å². The van der Waals surface area contributed by atoms with Crippen LogP contribution in [-0.4, -0.2) is 25.4 Å². The van der Waals surface area contributed by atoms with Crippen LogP contribution in [0.2, 0.25) is 5.02 Å². The number of sulfonamides is 1. The first-order valence-corrected chi connectivity index (χ1v) is 9.70. The zero-order valence-electron chi connectivity index (χ0n) is 13.7. The predicted molar refractivity (Wildman–Crippen MR) is 101 cm³/mol. The summed E-state index contributed by atoms with van der Waals surface area (Å²) in [5.74, 6) is -0.406. The summed E-state index contributed by atoms with van der Waals surface area (Å²) in [5, 5.41) is 3.79. The Hall–Kier alpha value is -2.64. The fourth-order valence-corrected chi connectivity index (χ4v) is 5.04. The quantitative estimate of drug-likeness (QED) is 0.730. The summed E-state index contributed by atoms with van der Waals surface area (Å²) in [4.78, 5) is 16.6. The van der Waals surface area contributed by atoms with Crippen LogP contribution in [0.15, 0.2) is 59.6 Å². The molecule has 26 heavy (non-hydrogen) atoms. The SMILES string of the molecule is CC1C(=O)Nc2ccc(Cl)cc2N1S(=O)(=O)c1cccc2cccnc12. The van der Waals surface area contributed by atoms with E-state index in [0.29, 0.717) is 27.3 Å². The smallest absolute Gasteiger partial charge is 0.267 e. The van der Waals surface area contributed by atoms with Crippen LogP contribution in [0.5, 0.6) is 0 Å². The maximum atomic E-state index is 13.5. The summed E-state index contributed by atoms with van der Waals surface area (Å²) in [7, 11) is -4.05. The molecule has 0 aliphatic carbocycles. The second kappa shape index (κ2) is 5.96. The molecule has 1 N–H and O–H groups in total. The van der Waals surface area contributed by atoms with Gasteiger partial charge in [-0.15, -0.1) is 0 Å². The Labute approximate surface area is 155 Å². The van der Waals surface area contributed by atoms with Gasteiger partial charge in [0.15, 0.2) is 0 Å². The van der Waals surface area contributed by atoms with Gasteiger partial charge >= 0.3 is 0 Å². The lowest BCUT2D eigenvalue weighted by Gasteiger charge is -2.35. The molecule has 1 unspecified atom stereocenters. The van der Waals surface area contributed by atoms with Gasteiger partial charge in [-0.3, -0.25) is 14.1 Å². The molecule has 6 nitrogen and oxygen atoms in total. The minimum absolute atomic E-state index is 0.0445. The minimum atomic E-state index is -4.05. The Kier molecular flexibility index (Phi) is 3.86. The van der Waals surface area contributed by atoms with Crippen molar-refractivity contribution in [1.82, 2.24) is 4.98 Å². The highest BCUT2D eigenvalue weighted by atomic mass is 35.5. The van der Waals surface area contributed by atoms with Crippen molar-refractivity contribution in [2.75, 3.05) is 9.62 Å². The summed E-state index contributed by atoms with van der Waals surface area (Å²) in [6, 6.07) is 12.3. The molecule has 1 aliphatic heterocycles. The van der Waals surface area contributed by atoms with Crippen molar-refractivity contribution in [3.63, 3.8) is 0 Å². The predicted octanol–water partition coefficient (Wildman–Crippen LogP) is 3.42. The Morgan fingerprint density at radius 3 is 2.73 bits per heavy atom. The van der Waals surface area contributed by atoms with E-state index in [2.05, 4.69) is 10.3 Å². The van der Waals surface area contributed by atoms with E-state index < -0.39 is 22.0 Å². The Balaban J connectivity index is 1.98. The number of pyridine rings is 1. The van der Waals surface area contributed by atoms with E-state index in [1.54, 1.807) is 42.6 Å². The molecule has 0 spiro atoms. The number of para-hydroxylation sites is 1. The molecule has 2 aromatic carbocycles. The van der Waals surface area contributed by atoms with Crippen LogP contribution in [0.4, 0.5) is 11.4 Å². The van der Waals surface area contributed by atoms with E-state index in [-0.39, 0.29) is 4.90 Å². The fourth-order valence-electron chi connectivity index (χ4n) is 3.07. The number of rotatable bonds is 2. The van der Waals surface area contributed by atoms with Gasteiger partial charge in [0.2, 0.25) is 5.91 Å². The van der Waals surface area contributed by atoms with Crippen LogP contribution in [0.3, 0.4) is 0 Å². The number of fused-ring (bicyclic) bond motifs is 2. The summed E-state index contributed by atoms with van der Waals surface area (Å²) in [6.07, 6.45) is 1.54. The van der Waals surface area contributed by atoms with Crippen LogP contribution >= 0.6 is 11.6 Å². The molecule has 1 atom stereocenters. The lowest BCUT2D eigenvalue weighted by molar-refractivity contribution is -0.117. The average molecular weight is 388 g/mol. The highest BCUT2D eigenvalue weighted by Gasteiger charge is 2.39. The first-order valence-electron chi connectivity index (χ1n) is 7.88. The number of carbonyl (C=O) groups is 1. The average Bonchev–Trinajstić information content (AvgIpc) is 2.62. The largest absolute Gasteiger partial charge is 0.322 e. The number of amides is 1. The number of nitrogens with one attached hydrogen (secondary N) is 1. The second-order valence-corrected chi connectivity index (χ2v) is 8.18. The highest BCUT2D eigenvalue weighted by molar-refractivity contribution is 7.93. The van der Waals surface area contributed by atoms with Crippen LogP contribution in [0.1, 0.15) is 6.92 Å². The summed E-state index contributed by atoms with van der Waals surface area (Å²) in [5.41, 5.74) is 1.09. The van der Waals surface area contributed by atoms with Crippen molar-refractivity contribution in [3.8, 4) is 0 Å². The molecular formula is C18H14ClN3O3S. The third-order valence-electron chi connectivity index (χ3n) is 4.32. The monoisotopic (exact) mass is 387 g/mol. The summed E-state index contributed by atoms with van der Waals surface area (Å²) < 4.78 is 28.1. The molecule has 0 fully saturated rings. The van der Waals surface area contributed by atoms with Gasteiger partial charge in [0, 0.05) is 16.6 Å². The van der Waals surface area contributed by atoms with Crippen molar-refractivity contribution < 1.29 is 13.2 Å². The van der Waals surface area contributed by atoms with Gasteiger partial charge in [-0.2, -0.15) is 0 Å². The minimum Gasteiger partial charge on any atom is -0.322 e. The van der Waals surface area contributed by atoms with E-state index in [4.69, 9.17) is 11.6 Å². The molecule has 3 aromatic rings. The van der Waals surface area contributed by atoms with Crippen molar-refractivity contribution in [2.45, 2.75) is 17.9 Å². The number of aromatic nitrogens is 1. The van der Waals surface area contributed by atoms with E-state index >= 15 is 0 Å². The first-order chi connectivity index (χ1) is 12.4. The molecule has 1 amide bonds. The van der Waals surface area contributed by atoms with E-state index in [9.17, 15) is 13.2 Å². The zero-order chi connectivity index (χ0) is 18.5. The number of hydrogen-bond acceptors (Lipinski definition) is 4. The molecule has 132 valence electrons. The van der Waals surface area contributed by atoms with Crippen molar-refractivity contribution in [1.29, 1.82) is 0 Å². The first kappa shape index (κ1) is 16.8. The number of hydrogen-bond donors (Lipinski definition) is 1. The van der Waals surface area contributed by atoms with Gasteiger partial charge in [0.25, 0.3) is 10.0 Å². The molecular weight excluding hydrogens is 374 g/mol. The lowest BCUT2D eigenvalue weighted by atomic mass is 10.1. The van der Waals surface area contributed by atoms with Gasteiger partial charge in [0.05, 0.1) is 16.9 Å².